The molecule has 0 saturated carbocycles. The molecule has 3 nitrogen and oxygen atoms in total. The second-order valence-electron chi connectivity index (χ2n) is 5.56. The molecule has 5 heteroatoms. The van der Waals surface area contributed by atoms with E-state index in [4.69, 9.17) is 5.10 Å². The molecule has 3 aromatic heterocycles. The zero-order chi connectivity index (χ0) is 17.2. The van der Waals surface area contributed by atoms with Crippen LogP contribution in [0.3, 0.4) is 0 Å². The summed E-state index contributed by atoms with van der Waals surface area (Å²) in [5.41, 5.74) is 4.85. The van der Waals surface area contributed by atoms with Crippen LogP contribution in [0.15, 0.2) is 72.0 Å². The Morgan fingerprint density at radius 1 is 0.960 bits per heavy atom. The number of halogens is 1. The van der Waals surface area contributed by atoms with Crippen molar-refractivity contribution < 1.29 is 4.39 Å². The van der Waals surface area contributed by atoms with E-state index in [0.29, 0.717) is 0 Å². The van der Waals surface area contributed by atoms with Crippen LogP contribution in [-0.2, 0) is 0 Å². The number of nitrogens with zero attached hydrogens (tertiary/aromatic N) is 3. The van der Waals surface area contributed by atoms with Crippen LogP contribution in [-0.4, -0.2) is 20.4 Å². The summed E-state index contributed by atoms with van der Waals surface area (Å²) in [5.74, 6) is 0.718. The van der Waals surface area contributed by atoms with Crippen molar-refractivity contribution >= 4 is 17.3 Å². The van der Waals surface area contributed by atoms with Crippen molar-refractivity contribution in [3.8, 4) is 22.4 Å². The van der Waals surface area contributed by atoms with Gasteiger partial charge in [-0.25, -0.2) is 8.91 Å². The summed E-state index contributed by atoms with van der Waals surface area (Å²) in [5, 5.41) is 5.95. The molecule has 0 bridgehead atoms. The second kappa shape index (κ2) is 6.69. The molecule has 0 spiro atoms. The lowest BCUT2D eigenvalue weighted by Gasteiger charge is -2.04. The van der Waals surface area contributed by atoms with E-state index in [1.54, 1.807) is 36.3 Å². The number of hydrogen-bond donors (Lipinski definition) is 0. The van der Waals surface area contributed by atoms with E-state index in [0.717, 1.165) is 38.7 Å². The predicted octanol–water partition coefficient (Wildman–Crippen LogP) is 5.31. The fraction of sp³-hybridized carbons (Fsp3) is 0.100. The predicted molar refractivity (Wildman–Crippen MR) is 100 cm³/mol. The molecule has 0 aliphatic rings. The third-order valence-electron chi connectivity index (χ3n) is 4.00. The molecular formula is C20H16FN3S. The van der Waals surface area contributed by atoms with Crippen molar-refractivity contribution in [2.24, 2.45) is 0 Å². The number of aromatic nitrogens is 3. The number of rotatable bonds is 4. The van der Waals surface area contributed by atoms with E-state index in [9.17, 15) is 4.39 Å². The molecule has 0 unspecified atom stereocenters. The minimum atomic E-state index is -0.250. The first-order valence-corrected chi connectivity index (χ1v) is 9.07. The molecule has 25 heavy (non-hydrogen) atoms. The van der Waals surface area contributed by atoms with Gasteiger partial charge in [-0.2, -0.15) is 5.10 Å². The average molecular weight is 349 g/mol. The van der Waals surface area contributed by atoms with Gasteiger partial charge in [0.2, 0.25) is 0 Å². The van der Waals surface area contributed by atoms with Crippen molar-refractivity contribution in [3.63, 3.8) is 0 Å². The summed E-state index contributed by atoms with van der Waals surface area (Å²) < 4.78 is 15.3. The highest BCUT2D eigenvalue weighted by Gasteiger charge is 2.17. The molecule has 0 radical (unpaired) electrons. The minimum absolute atomic E-state index is 0.250. The van der Waals surface area contributed by atoms with Crippen LogP contribution in [0, 0.1) is 5.82 Å². The summed E-state index contributed by atoms with van der Waals surface area (Å²) in [4.78, 5) is 4.12. The SMILES string of the molecule is CCSc1cccc2c(-c3ccncc3)c(-c3ccc(F)cc3)nn12. The summed E-state index contributed by atoms with van der Waals surface area (Å²) >= 11 is 1.75. The quantitative estimate of drug-likeness (QED) is 0.467. The zero-order valence-electron chi connectivity index (χ0n) is 13.7. The summed E-state index contributed by atoms with van der Waals surface area (Å²) in [7, 11) is 0. The first kappa shape index (κ1) is 15.8. The van der Waals surface area contributed by atoms with Gasteiger partial charge in [-0.3, -0.25) is 4.98 Å². The Balaban J connectivity index is 2.03. The van der Waals surface area contributed by atoms with Crippen molar-refractivity contribution in [1.29, 1.82) is 0 Å². The van der Waals surface area contributed by atoms with Gasteiger partial charge in [-0.05, 0) is 59.8 Å². The van der Waals surface area contributed by atoms with Crippen LogP contribution in [0.25, 0.3) is 27.9 Å². The molecule has 0 aliphatic carbocycles. The lowest BCUT2D eigenvalue weighted by Crippen LogP contribution is -1.92. The van der Waals surface area contributed by atoms with Crippen LogP contribution < -0.4 is 0 Å². The van der Waals surface area contributed by atoms with Crippen LogP contribution >= 0.6 is 11.8 Å². The third-order valence-corrected chi connectivity index (χ3v) is 4.90. The second-order valence-corrected chi connectivity index (χ2v) is 6.84. The highest BCUT2D eigenvalue weighted by Crippen LogP contribution is 2.36. The molecule has 0 aliphatic heterocycles. The van der Waals surface area contributed by atoms with Gasteiger partial charge in [0, 0.05) is 23.5 Å². The zero-order valence-corrected chi connectivity index (χ0v) is 14.5. The van der Waals surface area contributed by atoms with E-state index in [-0.39, 0.29) is 5.82 Å². The molecular weight excluding hydrogens is 333 g/mol. The molecule has 1 aromatic carbocycles. The Morgan fingerprint density at radius 2 is 1.72 bits per heavy atom. The maximum Gasteiger partial charge on any atom is 0.123 e. The smallest absolute Gasteiger partial charge is 0.123 e. The molecule has 0 amide bonds. The molecule has 0 atom stereocenters. The van der Waals surface area contributed by atoms with Gasteiger partial charge in [-0.1, -0.05) is 13.0 Å². The van der Waals surface area contributed by atoms with Gasteiger partial charge < -0.3 is 0 Å². The Bertz CT molecular complexity index is 1010. The molecule has 0 fully saturated rings. The van der Waals surface area contributed by atoms with Gasteiger partial charge in [0.1, 0.15) is 11.5 Å². The van der Waals surface area contributed by atoms with Crippen molar-refractivity contribution in [3.05, 3.63) is 72.8 Å². The van der Waals surface area contributed by atoms with E-state index in [1.165, 1.54) is 12.1 Å². The van der Waals surface area contributed by atoms with E-state index in [2.05, 4.69) is 24.0 Å². The van der Waals surface area contributed by atoms with Gasteiger partial charge >= 0.3 is 0 Å². The van der Waals surface area contributed by atoms with Crippen LogP contribution in [0.4, 0.5) is 4.39 Å². The van der Waals surface area contributed by atoms with Gasteiger partial charge in [0.05, 0.1) is 10.5 Å². The van der Waals surface area contributed by atoms with E-state index >= 15 is 0 Å². The third kappa shape index (κ3) is 2.91. The first-order valence-electron chi connectivity index (χ1n) is 8.09. The van der Waals surface area contributed by atoms with E-state index < -0.39 is 0 Å². The van der Waals surface area contributed by atoms with Crippen LogP contribution in [0.2, 0.25) is 0 Å². The topological polar surface area (TPSA) is 30.2 Å². The van der Waals surface area contributed by atoms with Gasteiger partial charge in [0.15, 0.2) is 0 Å². The summed E-state index contributed by atoms with van der Waals surface area (Å²) in [6.07, 6.45) is 3.55. The number of hydrogen-bond acceptors (Lipinski definition) is 3. The molecule has 3 heterocycles. The Labute approximate surface area is 149 Å². The summed E-state index contributed by atoms with van der Waals surface area (Å²) in [6.45, 7) is 2.12. The molecule has 4 aromatic rings. The lowest BCUT2D eigenvalue weighted by atomic mass is 10.0. The number of thioether (sulfide) groups is 1. The molecule has 0 saturated heterocycles. The van der Waals surface area contributed by atoms with Gasteiger partial charge in [-0.15, -0.1) is 11.8 Å². The lowest BCUT2D eigenvalue weighted by molar-refractivity contribution is 0.628. The maximum atomic E-state index is 13.4. The molecule has 124 valence electrons. The van der Waals surface area contributed by atoms with Crippen molar-refractivity contribution in [1.82, 2.24) is 14.6 Å². The molecule has 4 rings (SSSR count). The highest BCUT2D eigenvalue weighted by atomic mass is 32.2. The van der Waals surface area contributed by atoms with Crippen molar-refractivity contribution in [2.45, 2.75) is 11.9 Å². The largest absolute Gasteiger partial charge is 0.265 e. The fourth-order valence-corrected chi connectivity index (χ4v) is 3.65. The Morgan fingerprint density at radius 3 is 2.44 bits per heavy atom. The van der Waals surface area contributed by atoms with Crippen LogP contribution in [0.5, 0.6) is 0 Å². The maximum absolute atomic E-state index is 13.4. The standard InChI is InChI=1S/C20H16FN3S/c1-2-25-18-5-3-4-17-19(14-10-12-22-13-11-14)20(23-24(17)18)15-6-8-16(21)9-7-15/h3-13H,2H2,1H3. The van der Waals surface area contributed by atoms with Crippen LogP contribution in [0.1, 0.15) is 6.92 Å². The minimum Gasteiger partial charge on any atom is -0.265 e. The Hall–Kier alpha value is -2.66. The monoisotopic (exact) mass is 349 g/mol. The van der Waals surface area contributed by atoms with Gasteiger partial charge in [0.25, 0.3) is 0 Å². The van der Waals surface area contributed by atoms with E-state index in [1.807, 2.05) is 22.7 Å². The summed E-state index contributed by atoms with van der Waals surface area (Å²) in [6, 6.07) is 16.6. The molecule has 0 N–H and O–H groups in total. The average Bonchev–Trinajstić information content (AvgIpc) is 3.04. The highest BCUT2D eigenvalue weighted by molar-refractivity contribution is 7.99. The normalized spacial score (nSPS) is 11.1. The number of fused-ring (bicyclic) bond motifs is 1. The number of benzene rings is 1. The first-order chi connectivity index (χ1) is 12.3. The van der Waals surface area contributed by atoms with Crippen molar-refractivity contribution in [2.75, 3.05) is 5.75 Å². The fourth-order valence-electron chi connectivity index (χ4n) is 2.92. The Kier molecular flexibility index (Phi) is 4.24. The number of pyridine rings is 2.